The molecule has 1 aromatic rings. The van der Waals surface area contributed by atoms with Gasteiger partial charge in [0.2, 0.25) is 0 Å². The van der Waals surface area contributed by atoms with Gasteiger partial charge in [-0.2, -0.15) is 0 Å². The zero-order valence-corrected chi connectivity index (χ0v) is 7.66. The van der Waals surface area contributed by atoms with Crippen LogP contribution < -0.4 is 5.73 Å². The van der Waals surface area contributed by atoms with E-state index in [-0.39, 0.29) is 11.4 Å². The van der Waals surface area contributed by atoms with Crippen molar-refractivity contribution in [1.29, 1.82) is 0 Å². The molecule has 3 N–H and O–H groups in total. The lowest BCUT2D eigenvalue weighted by Gasteiger charge is -2.05. The minimum absolute atomic E-state index is 0.0854. The monoisotopic (exact) mass is 180 g/mol. The summed E-state index contributed by atoms with van der Waals surface area (Å²) in [6, 6.07) is 1.58. The molecular formula is C9H12N2O2. The summed E-state index contributed by atoms with van der Waals surface area (Å²) in [5.74, 6) is -0.943. The van der Waals surface area contributed by atoms with Gasteiger partial charge in [0.25, 0.3) is 0 Å². The highest BCUT2D eigenvalue weighted by Gasteiger charge is 2.11. The third-order valence-corrected chi connectivity index (χ3v) is 1.96. The zero-order valence-electron chi connectivity index (χ0n) is 7.66. The Hall–Kier alpha value is -1.58. The maximum absolute atomic E-state index is 10.7. The Morgan fingerprint density at radius 1 is 1.69 bits per heavy atom. The topological polar surface area (TPSA) is 76.2 Å². The molecule has 0 aliphatic carbocycles. The summed E-state index contributed by atoms with van der Waals surface area (Å²) in [5.41, 5.74) is 7.26. The quantitative estimate of drug-likeness (QED) is 0.717. The maximum Gasteiger partial charge on any atom is 0.339 e. The van der Waals surface area contributed by atoms with Crippen molar-refractivity contribution >= 4 is 11.8 Å². The third kappa shape index (κ3) is 1.77. The molecule has 0 radical (unpaired) electrons. The second-order valence-corrected chi connectivity index (χ2v) is 2.82. The number of carbonyl (C=O) groups is 1. The van der Waals surface area contributed by atoms with E-state index in [9.17, 15) is 4.79 Å². The molecule has 70 valence electrons. The van der Waals surface area contributed by atoms with Crippen LogP contribution in [0, 0.1) is 6.92 Å². The number of hydrogen-bond acceptors (Lipinski definition) is 3. The smallest absolute Gasteiger partial charge is 0.339 e. The number of nitrogen functional groups attached to an aromatic ring is 1. The van der Waals surface area contributed by atoms with Gasteiger partial charge in [-0.05, 0) is 25.0 Å². The largest absolute Gasteiger partial charge is 0.478 e. The molecule has 0 aliphatic heterocycles. The average molecular weight is 180 g/mol. The van der Waals surface area contributed by atoms with Crippen LogP contribution in [0.1, 0.15) is 28.5 Å². The van der Waals surface area contributed by atoms with E-state index in [1.807, 2.05) is 13.8 Å². The second-order valence-electron chi connectivity index (χ2n) is 2.82. The first-order chi connectivity index (χ1) is 6.06. The summed E-state index contributed by atoms with van der Waals surface area (Å²) >= 11 is 0. The molecule has 0 aliphatic rings. The van der Waals surface area contributed by atoms with Crippen LogP contribution in [0.3, 0.4) is 0 Å². The normalized spacial score (nSPS) is 10.0. The number of nitrogens with two attached hydrogens (primary N) is 1. The van der Waals surface area contributed by atoms with Crippen LogP contribution in [0.5, 0.6) is 0 Å². The van der Waals surface area contributed by atoms with Gasteiger partial charge in [0.05, 0.1) is 0 Å². The van der Waals surface area contributed by atoms with Crippen LogP contribution in [-0.4, -0.2) is 16.1 Å². The Labute approximate surface area is 76.4 Å². The minimum Gasteiger partial charge on any atom is -0.478 e. The number of rotatable bonds is 2. The van der Waals surface area contributed by atoms with Crippen molar-refractivity contribution in [1.82, 2.24) is 4.98 Å². The van der Waals surface area contributed by atoms with Gasteiger partial charge in [-0.3, -0.25) is 0 Å². The van der Waals surface area contributed by atoms with Crippen LogP contribution in [-0.2, 0) is 6.42 Å². The van der Waals surface area contributed by atoms with Crippen molar-refractivity contribution in [3.63, 3.8) is 0 Å². The number of nitrogens with zero attached hydrogens (tertiary/aromatic N) is 1. The zero-order chi connectivity index (χ0) is 10.0. The van der Waals surface area contributed by atoms with Crippen LogP contribution in [0.15, 0.2) is 6.07 Å². The van der Waals surface area contributed by atoms with E-state index in [1.165, 1.54) is 0 Å². The number of aromatic nitrogens is 1. The molecule has 0 fully saturated rings. The van der Waals surface area contributed by atoms with Gasteiger partial charge in [-0.15, -0.1) is 0 Å². The Balaban J connectivity index is 3.30. The Bertz CT molecular complexity index is 348. The Morgan fingerprint density at radius 3 is 2.77 bits per heavy atom. The lowest BCUT2D eigenvalue weighted by atomic mass is 10.1. The minimum atomic E-state index is -1.03. The van der Waals surface area contributed by atoms with Gasteiger partial charge in [0.1, 0.15) is 11.4 Å². The van der Waals surface area contributed by atoms with Crippen molar-refractivity contribution < 1.29 is 9.90 Å². The number of carboxylic acid groups (broad SMARTS) is 1. The molecule has 1 heterocycles. The molecular weight excluding hydrogens is 168 g/mol. The van der Waals surface area contributed by atoms with Crippen molar-refractivity contribution in [3.8, 4) is 0 Å². The molecule has 0 saturated heterocycles. The molecule has 0 unspecified atom stereocenters. The molecule has 0 saturated carbocycles. The number of anilines is 1. The van der Waals surface area contributed by atoms with Crippen molar-refractivity contribution in [2.75, 3.05) is 5.73 Å². The number of carboxylic acids is 1. The highest BCUT2D eigenvalue weighted by Crippen LogP contribution is 2.15. The fraction of sp³-hybridized carbons (Fsp3) is 0.333. The van der Waals surface area contributed by atoms with Gasteiger partial charge in [0.15, 0.2) is 0 Å². The van der Waals surface area contributed by atoms with Crippen molar-refractivity contribution in [2.24, 2.45) is 0 Å². The molecule has 0 atom stereocenters. The molecule has 1 aromatic heterocycles. The van der Waals surface area contributed by atoms with E-state index < -0.39 is 5.97 Å². The number of hydrogen-bond donors (Lipinski definition) is 2. The third-order valence-electron chi connectivity index (χ3n) is 1.96. The number of aromatic carboxylic acids is 1. The Morgan fingerprint density at radius 2 is 2.31 bits per heavy atom. The van der Waals surface area contributed by atoms with E-state index in [2.05, 4.69) is 4.98 Å². The first kappa shape index (κ1) is 9.51. The molecule has 0 aromatic carbocycles. The van der Waals surface area contributed by atoms with E-state index in [4.69, 9.17) is 10.8 Å². The summed E-state index contributed by atoms with van der Waals surface area (Å²) in [4.78, 5) is 14.6. The molecule has 0 spiro atoms. The van der Waals surface area contributed by atoms with Crippen LogP contribution in [0.25, 0.3) is 0 Å². The molecule has 4 nitrogen and oxygen atoms in total. The van der Waals surface area contributed by atoms with Gasteiger partial charge in [0, 0.05) is 5.69 Å². The SMILES string of the molecule is CCc1cc(C(=O)O)c(N)nc1C. The maximum atomic E-state index is 10.7. The van der Waals surface area contributed by atoms with Crippen LogP contribution >= 0.6 is 0 Å². The highest BCUT2D eigenvalue weighted by molar-refractivity contribution is 5.92. The standard InChI is InChI=1S/C9H12N2O2/c1-3-6-4-7(9(12)13)8(10)11-5(6)2/h4H,3H2,1-2H3,(H2,10,11)(H,12,13). The average Bonchev–Trinajstić information content (AvgIpc) is 2.03. The predicted molar refractivity (Wildman–Crippen MR) is 49.7 cm³/mol. The summed E-state index contributed by atoms with van der Waals surface area (Å²) < 4.78 is 0. The Kier molecular flexibility index (Phi) is 2.51. The second kappa shape index (κ2) is 3.43. The molecule has 13 heavy (non-hydrogen) atoms. The van der Waals surface area contributed by atoms with E-state index in [1.54, 1.807) is 6.07 Å². The van der Waals surface area contributed by atoms with Gasteiger partial charge in [-0.1, -0.05) is 6.92 Å². The summed E-state index contributed by atoms with van der Waals surface area (Å²) in [5, 5.41) is 8.76. The van der Waals surface area contributed by atoms with Crippen molar-refractivity contribution in [2.45, 2.75) is 20.3 Å². The van der Waals surface area contributed by atoms with Crippen molar-refractivity contribution in [3.05, 3.63) is 22.9 Å². The summed E-state index contributed by atoms with van der Waals surface area (Å²) in [6.07, 6.45) is 0.763. The van der Waals surface area contributed by atoms with Gasteiger partial charge in [-0.25, -0.2) is 9.78 Å². The van der Waals surface area contributed by atoms with Gasteiger partial charge < -0.3 is 10.8 Å². The molecule has 1 rings (SSSR count). The molecule has 4 heteroatoms. The molecule has 0 amide bonds. The summed E-state index contributed by atoms with van der Waals surface area (Å²) in [7, 11) is 0. The summed E-state index contributed by atoms with van der Waals surface area (Å²) in [6.45, 7) is 3.77. The highest BCUT2D eigenvalue weighted by atomic mass is 16.4. The first-order valence-corrected chi connectivity index (χ1v) is 4.05. The van der Waals surface area contributed by atoms with E-state index in [0.717, 1.165) is 17.7 Å². The van der Waals surface area contributed by atoms with Crippen LogP contribution in [0.2, 0.25) is 0 Å². The predicted octanol–water partition coefficient (Wildman–Crippen LogP) is 1.23. The number of pyridine rings is 1. The lowest BCUT2D eigenvalue weighted by molar-refractivity contribution is 0.0697. The number of aryl methyl sites for hydroxylation is 2. The fourth-order valence-corrected chi connectivity index (χ4v) is 1.19. The molecule has 0 bridgehead atoms. The first-order valence-electron chi connectivity index (χ1n) is 4.05. The fourth-order valence-electron chi connectivity index (χ4n) is 1.19. The van der Waals surface area contributed by atoms with E-state index >= 15 is 0 Å². The lowest BCUT2D eigenvalue weighted by Crippen LogP contribution is -2.07. The van der Waals surface area contributed by atoms with E-state index in [0.29, 0.717) is 0 Å². The van der Waals surface area contributed by atoms with Crippen LogP contribution in [0.4, 0.5) is 5.82 Å². The van der Waals surface area contributed by atoms with Gasteiger partial charge >= 0.3 is 5.97 Å².